The normalized spacial score (nSPS) is 19.9. The van der Waals surface area contributed by atoms with Crippen molar-refractivity contribution in [3.63, 3.8) is 0 Å². The van der Waals surface area contributed by atoms with Crippen molar-refractivity contribution in [2.24, 2.45) is 0 Å². The molecule has 9 aromatic rings. The average Bonchev–Trinajstić information content (AvgIpc) is 4.01. The zero-order valence-electron chi connectivity index (χ0n) is 35.6. The lowest BCUT2D eigenvalue weighted by Crippen LogP contribution is -2.16. The van der Waals surface area contributed by atoms with Crippen LogP contribution < -0.4 is 9.47 Å². The van der Waals surface area contributed by atoms with Gasteiger partial charge in [0.1, 0.15) is 86.8 Å². The van der Waals surface area contributed by atoms with Crippen molar-refractivity contribution in [3.8, 4) is 74.6 Å². The second kappa shape index (κ2) is 15.1. The minimum atomic E-state index is -0.863. The molecular formula is C56H40O12. The van der Waals surface area contributed by atoms with Crippen LogP contribution in [0.25, 0.3) is 22.3 Å². The van der Waals surface area contributed by atoms with Gasteiger partial charge in [-0.1, -0.05) is 36.4 Å². The molecule has 1 aromatic heterocycles. The highest BCUT2D eigenvalue weighted by Crippen LogP contribution is 2.63. The van der Waals surface area contributed by atoms with Crippen LogP contribution in [0.1, 0.15) is 91.5 Å². The van der Waals surface area contributed by atoms with Crippen LogP contribution in [0.15, 0.2) is 156 Å². The van der Waals surface area contributed by atoms with E-state index in [1.165, 1.54) is 18.2 Å². The summed E-state index contributed by atoms with van der Waals surface area (Å²) in [6.45, 7) is 0. The Balaban J connectivity index is 1.07. The first-order valence-electron chi connectivity index (χ1n) is 21.9. The monoisotopic (exact) mass is 904 g/mol. The number of aromatic hydroxyl groups is 9. The minimum Gasteiger partial charge on any atom is -0.508 e. The molecule has 12 rings (SSSR count). The molecule has 0 amide bonds. The van der Waals surface area contributed by atoms with Gasteiger partial charge in [0.2, 0.25) is 0 Å². The molecule has 68 heavy (non-hydrogen) atoms. The Labute approximate surface area is 387 Å². The summed E-state index contributed by atoms with van der Waals surface area (Å²) in [4.78, 5) is 0. The van der Waals surface area contributed by atoms with Crippen molar-refractivity contribution in [1.82, 2.24) is 0 Å². The smallest absolute Gasteiger partial charge is 0.135 e. The van der Waals surface area contributed by atoms with E-state index in [-0.39, 0.29) is 51.7 Å². The molecule has 3 heterocycles. The molecule has 12 nitrogen and oxygen atoms in total. The van der Waals surface area contributed by atoms with Gasteiger partial charge in [-0.05, 0) is 130 Å². The first kappa shape index (κ1) is 40.6. The zero-order valence-corrected chi connectivity index (χ0v) is 35.6. The quantitative estimate of drug-likeness (QED) is 0.0762. The molecule has 3 aliphatic rings. The second-order valence-electron chi connectivity index (χ2n) is 17.7. The summed E-state index contributed by atoms with van der Waals surface area (Å²) in [6.07, 6.45) is -1.36. The molecule has 8 aromatic carbocycles. The standard InChI is InChI=1S/C56H40O12/c57-31-8-1-26(2-9-31)48-50(40-22-37(63)24-47-53(40)54(41-21-36(62)23-43(65)51(41)48)56(68-47)28-5-12-33(59)13-6-28)38-19-29(7-14-42(38)64)46-25-39-44(66-46)15-16-45-52(39)49(30-17-34(60)20-35(61)18-30)55(67-45)27-3-10-32(58)11-4-27/h1-25,48-50,54-65H/t48-,49+,50+,54+,55-,56-/m1/s1. The Kier molecular flexibility index (Phi) is 9.00. The Hall–Kier alpha value is -8.90. The van der Waals surface area contributed by atoms with E-state index in [0.29, 0.717) is 78.3 Å². The molecule has 0 saturated heterocycles. The number of rotatable bonds is 6. The lowest BCUT2D eigenvalue weighted by Gasteiger charge is -2.31. The molecule has 9 N–H and O–H groups in total. The number of phenolic OH excluding ortho intramolecular Hbond substituents is 9. The van der Waals surface area contributed by atoms with Crippen molar-refractivity contribution >= 4 is 11.0 Å². The van der Waals surface area contributed by atoms with Crippen molar-refractivity contribution in [1.29, 1.82) is 0 Å². The number of hydrogen-bond donors (Lipinski definition) is 9. The summed E-state index contributed by atoms with van der Waals surface area (Å²) >= 11 is 0. The number of benzene rings is 8. The van der Waals surface area contributed by atoms with Gasteiger partial charge in [0, 0.05) is 63.2 Å². The summed E-state index contributed by atoms with van der Waals surface area (Å²) < 4.78 is 20.0. The largest absolute Gasteiger partial charge is 0.508 e. The van der Waals surface area contributed by atoms with Gasteiger partial charge < -0.3 is 59.8 Å². The first-order chi connectivity index (χ1) is 32.9. The fourth-order valence-electron chi connectivity index (χ4n) is 11.0. The Bertz CT molecular complexity index is 3470. The van der Waals surface area contributed by atoms with E-state index in [4.69, 9.17) is 13.9 Å². The van der Waals surface area contributed by atoms with Gasteiger partial charge in [-0.2, -0.15) is 0 Å². The third-order valence-corrected chi connectivity index (χ3v) is 13.7. The van der Waals surface area contributed by atoms with E-state index in [2.05, 4.69) is 0 Å². The van der Waals surface area contributed by atoms with E-state index in [9.17, 15) is 46.0 Å². The van der Waals surface area contributed by atoms with Crippen molar-refractivity contribution in [3.05, 3.63) is 207 Å². The second-order valence-corrected chi connectivity index (χ2v) is 17.7. The molecule has 12 heteroatoms. The molecule has 0 bridgehead atoms. The van der Waals surface area contributed by atoms with Gasteiger partial charge in [-0.25, -0.2) is 0 Å². The topological polar surface area (TPSA) is 214 Å². The van der Waals surface area contributed by atoms with Gasteiger partial charge in [0.25, 0.3) is 0 Å². The number of fused-ring (bicyclic) bond motifs is 5. The van der Waals surface area contributed by atoms with Crippen LogP contribution in [0.2, 0.25) is 0 Å². The summed E-state index contributed by atoms with van der Waals surface area (Å²) in [5.74, 6) is -2.26. The third-order valence-electron chi connectivity index (χ3n) is 13.7. The Morgan fingerprint density at radius 2 is 0.882 bits per heavy atom. The van der Waals surface area contributed by atoms with Crippen LogP contribution in [0.5, 0.6) is 63.2 Å². The first-order valence-corrected chi connectivity index (χ1v) is 21.9. The van der Waals surface area contributed by atoms with Crippen LogP contribution in [0, 0.1) is 0 Å². The Morgan fingerprint density at radius 3 is 1.53 bits per heavy atom. The van der Waals surface area contributed by atoms with E-state index in [0.717, 1.165) is 11.1 Å². The lowest BCUT2D eigenvalue weighted by atomic mass is 9.72. The van der Waals surface area contributed by atoms with Crippen LogP contribution in [-0.4, -0.2) is 46.0 Å². The number of ether oxygens (including phenoxy) is 2. The van der Waals surface area contributed by atoms with Gasteiger partial charge in [-0.3, -0.25) is 0 Å². The SMILES string of the molecule is Oc1ccc([C@H]2c3c(O)cc(O)cc3[C@H]3c4c(cc(O)cc4[C@@H]2c2cc(-c4cc5c6c(ccc5o4)O[C@H](c4ccc(O)cc4)[C@H]6c4cc(O)cc(O)c4)ccc2O)O[C@@H]3c2ccc(O)cc2)cc1. The molecule has 0 fully saturated rings. The highest BCUT2D eigenvalue weighted by molar-refractivity contribution is 5.90. The van der Waals surface area contributed by atoms with Crippen LogP contribution >= 0.6 is 0 Å². The number of hydrogen-bond acceptors (Lipinski definition) is 12. The summed E-state index contributed by atoms with van der Waals surface area (Å²) in [5.41, 5.74) is 7.09. The fraction of sp³-hybridized carbons (Fsp3) is 0.107. The maximum Gasteiger partial charge on any atom is 0.135 e. The highest BCUT2D eigenvalue weighted by atomic mass is 16.5. The maximum absolute atomic E-state index is 12.2. The minimum absolute atomic E-state index is 0.0123. The van der Waals surface area contributed by atoms with E-state index >= 15 is 0 Å². The lowest BCUT2D eigenvalue weighted by molar-refractivity contribution is 0.221. The molecule has 0 radical (unpaired) electrons. The van der Waals surface area contributed by atoms with E-state index in [1.54, 1.807) is 115 Å². The predicted molar refractivity (Wildman–Crippen MR) is 249 cm³/mol. The summed E-state index contributed by atoms with van der Waals surface area (Å²) in [6, 6.07) is 40.9. The number of phenols is 9. The molecule has 0 saturated carbocycles. The van der Waals surface area contributed by atoms with Crippen LogP contribution in [0.4, 0.5) is 0 Å². The molecule has 336 valence electrons. The molecule has 1 aliphatic carbocycles. The van der Waals surface area contributed by atoms with Crippen molar-refractivity contribution in [2.45, 2.75) is 35.9 Å². The van der Waals surface area contributed by atoms with Crippen LogP contribution in [0.3, 0.4) is 0 Å². The Morgan fingerprint density at radius 1 is 0.324 bits per heavy atom. The number of furan rings is 1. The predicted octanol–water partition coefficient (Wildman–Crippen LogP) is 11.3. The molecule has 6 atom stereocenters. The molecule has 0 unspecified atom stereocenters. The van der Waals surface area contributed by atoms with Crippen molar-refractivity contribution in [2.75, 3.05) is 0 Å². The summed E-state index contributed by atoms with van der Waals surface area (Å²) in [5, 5.41) is 99.9. The summed E-state index contributed by atoms with van der Waals surface area (Å²) in [7, 11) is 0. The maximum atomic E-state index is 12.2. The highest BCUT2D eigenvalue weighted by Gasteiger charge is 2.48. The third kappa shape index (κ3) is 6.44. The molecule has 2 aliphatic heterocycles. The van der Waals surface area contributed by atoms with Crippen molar-refractivity contribution < 1.29 is 59.8 Å². The average molecular weight is 905 g/mol. The molecule has 0 spiro atoms. The van der Waals surface area contributed by atoms with Gasteiger partial charge >= 0.3 is 0 Å². The van der Waals surface area contributed by atoms with E-state index in [1.807, 2.05) is 18.2 Å². The van der Waals surface area contributed by atoms with Gasteiger partial charge in [0.05, 0.1) is 11.8 Å². The zero-order chi connectivity index (χ0) is 46.7. The van der Waals surface area contributed by atoms with E-state index < -0.39 is 35.9 Å². The fourth-order valence-corrected chi connectivity index (χ4v) is 11.0. The van der Waals surface area contributed by atoms with Gasteiger partial charge in [0.15, 0.2) is 0 Å². The molecular weight excluding hydrogens is 865 g/mol. The van der Waals surface area contributed by atoms with Crippen LogP contribution in [-0.2, 0) is 0 Å². The van der Waals surface area contributed by atoms with Gasteiger partial charge in [-0.15, -0.1) is 0 Å².